The molecule has 2 heterocycles. The number of nitrogens with one attached hydrogen (secondary N) is 1. The normalized spacial score (nSPS) is 16.0. The smallest absolute Gasteiger partial charge is 0.255 e. The van der Waals surface area contributed by atoms with Gasteiger partial charge in [0, 0.05) is 52.6 Å². The summed E-state index contributed by atoms with van der Waals surface area (Å²) in [6.07, 6.45) is 2.56. The molecule has 1 aliphatic rings. The van der Waals surface area contributed by atoms with Crippen LogP contribution in [0.1, 0.15) is 16.8 Å². The number of hydrogen-bond donors (Lipinski definition) is 1. The molecule has 1 amide bonds. The summed E-state index contributed by atoms with van der Waals surface area (Å²) in [7, 11) is 3.77. The Kier molecular flexibility index (Phi) is 5.95. The second kappa shape index (κ2) is 7.95. The van der Waals surface area contributed by atoms with Crippen LogP contribution in [-0.2, 0) is 4.74 Å². The highest BCUT2D eigenvalue weighted by Gasteiger charge is 2.20. The molecule has 1 aliphatic heterocycles. The van der Waals surface area contributed by atoms with Crippen LogP contribution in [0.5, 0.6) is 0 Å². The van der Waals surface area contributed by atoms with E-state index in [0.717, 1.165) is 38.4 Å². The van der Waals surface area contributed by atoms with Crippen LogP contribution in [0.25, 0.3) is 0 Å². The number of methoxy groups -OCH3 is 1. The Balaban J connectivity index is 2.00. The number of likely N-dealkylation sites (N-methyl/N-ethyl adjacent to an activating group) is 1. The number of ether oxygens (including phenoxy) is 1. The first-order valence-corrected chi connectivity index (χ1v) is 7.38. The molecule has 0 saturated carbocycles. The van der Waals surface area contributed by atoms with E-state index in [9.17, 15) is 4.79 Å². The Bertz CT molecular complexity index is 459. The third-order valence-corrected chi connectivity index (χ3v) is 3.64. The average Bonchev–Trinajstić information content (AvgIpc) is 2.52. The van der Waals surface area contributed by atoms with Crippen LogP contribution >= 0.6 is 0 Å². The topological polar surface area (TPSA) is 57.7 Å². The van der Waals surface area contributed by atoms with Crippen LogP contribution in [0.4, 0.5) is 5.82 Å². The summed E-state index contributed by atoms with van der Waals surface area (Å²) in [4.78, 5) is 21.2. The molecule has 1 fully saturated rings. The Hall–Kier alpha value is -1.66. The molecule has 1 aromatic heterocycles. The number of pyridine rings is 1. The highest BCUT2D eigenvalue weighted by molar-refractivity contribution is 5.98. The minimum absolute atomic E-state index is 0.0619. The van der Waals surface area contributed by atoms with Crippen LogP contribution in [0.2, 0.25) is 0 Å². The summed E-state index contributed by atoms with van der Waals surface area (Å²) in [5, 5.41) is 2.93. The molecule has 0 unspecified atom stereocenters. The van der Waals surface area contributed by atoms with Gasteiger partial charge in [-0.3, -0.25) is 4.79 Å². The zero-order chi connectivity index (χ0) is 15.1. The van der Waals surface area contributed by atoms with Gasteiger partial charge in [-0.05, 0) is 25.6 Å². The number of amides is 1. The van der Waals surface area contributed by atoms with Gasteiger partial charge in [0.1, 0.15) is 5.82 Å². The maximum atomic E-state index is 12.3. The minimum atomic E-state index is -0.0619. The lowest BCUT2D eigenvalue weighted by atomic mass is 10.2. The fourth-order valence-corrected chi connectivity index (χ4v) is 2.36. The quantitative estimate of drug-likeness (QED) is 0.778. The van der Waals surface area contributed by atoms with Crippen molar-refractivity contribution in [1.29, 1.82) is 0 Å². The molecule has 116 valence electrons. The SMILES string of the molecule is COCCCNC(=O)c1cccnc1N1CCN(C)CC1. The van der Waals surface area contributed by atoms with Crippen molar-refractivity contribution in [3.63, 3.8) is 0 Å². The van der Waals surface area contributed by atoms with Gasteiger partial charge in [0.2, 0.25) is 0 Å². The van der Waals surface area contributed by atoms with Crippen LogP contribution in [0.15, 0.2) is 18.3 Å². The molecule has 21 heavy (non-hydrogen) atoms. The third kappa shape index (κ3) is 4.41. The lowest BCUT2D eigenvalue weighted by Gasteiger charge is -2.34. The van der Waals surface area contributed by atoms with Crippen molar-refractivity contribution in [2.45, 2.75) is 6.42 Å². The number of carbonyl (C=O) groups excluding carboxylic acids is 1. The summed E-state index contributed by atoms with van der Waals surface area (Å²) < 4.78 is 4.98. The number of nitrogens with zero attached hydrogens (tertiary/aromatic N) is 3. The summed E-state index contributed by atoms with van der Waals surface area (Å²) in [6.45, 7) is 5.05. The van der Waals surface area contributed by atoms with Crippen LogP contribution in [0, 0.1) is 0 Å². The Morgan fingerprint density at radius 1 is 1.38 bits per heavy atom. The lowest BCUT2D eigenvalue weighted by Crippen LogP contribution is -2.45. The van der Waals surface area contributed by atoms with Crippen LogP contribution < -0.4 is 10.2 Å². The number of rotatable bonds is 6. The predicted octanol–water partition coefficient (Wildman–Crippen LogP) is 0.600. The zero-order valence-electron chi connectivity index (χ0n) is 12.8. The molecule has 6 nitrogen and oxygen atoms in total. The van der Waals surface area contributed by atoms with Gasteiger partial charge in [0.15, 0.2) is 0 Å². The average molecular weight is 292 g/mol. The molecular formula is C15H24N4O2. The fourth-order valence-electron chi connectivity index (χ4n) is 2.36. The first-order valence-electron chi connectivity index (χ1n) is 7.38. The Morgan fingerprint density at radius 2 is 2.14 bits per heavy atom. The number of aromatic nitrogens is 1. The van der Waals surface area contributed by atoms with Crippen molar-refractivity contribution in [3.8, 4) is 0 Å². The third-order valence-electron chi connectivity index (χ3n) is 3.64. The van der Waals surface area contributed by atoms with Crippen molar-refractivity contribution in [2.24, 2.45) is 0 Å². The first kappa shape index (κ1) is 15.7. The molecule has 0 radical (unpaired) electrons. The van der Waals surface area contributed by atoms with Crippen molar-refractivity contribution < 1.29 is 9.53 Å². The maximum Gasteiger partial charge on any atom is 0.255 e. The van der Waals surface area contributed by atoms with Crippen molar-refractivity contribution in [2.75, 3.05) is 58.4 Å². The summed E-state index contributed by atoms with van der Waals surface area (Å²) in [5.41, 5.74) is 0.652. The van der Waals surface area contributed by atoms with Gasteiger partial charge >= 0.3 is 0 Å². The van der Waals surface area contributed by atoms with Gasteiger partial charge < -0.3 is 19.9 Å². The van der Waals surface area contributed by atoms with E-state index in [1.165, 1.54) is 0 Å². The molecule has 0 atom stereocenters. The van der Waals surface area contributed by atoms with E-state index in [4.69, 9.17) is 4.74 Å². The molecule has 0 spiro atoms. The van der Waals surface area contributed by atoms with E-state index < -0.39 is 0 Å². The highest BCUT2D eigenvalue weighted by Crippen LogP contribution is 2.18. The second-order valence-corrected chi connectivity index (χ2v) is 5.27. The van der Waals surface area contributed by atoms with Gasteiger partial charge in [-0.1, -0.05) is 0 Å². The monoisotopic (exact) mass is 292 g/mol. The van der Waals surface area contributed by atoms with Crippen LogP contribution in [-0.4, -0.2) is 69.3 Å². The second-order valence-electron chi connectivity index (χ2n) is 5.27. The van der Waals surface area contributed by atoms with E-state index in [2.05, 4.69) is 27.1 Å². The summed E-state index contributed by atoms with van der Waals surface area (Å²) in [6, 6.07) is 3.65. The first-order chi connectivity index (χ1) is 10.2. The Morgan fingerprint density at radius 3 is 2.86 bits per heavy atom. The van der Waals surface area contributed by atoms with Gasteiger partial charge in [0.05, 0.1) is 5.56 Å². The van der Waals surface area contributed by atoms with E-state index in [-0.39, 0.29) is 5.91 Å². The minimum Gasteiger partial charge on any atom is -0.385 e. The van der Waals surface area contributed by atoms with E-state index >= 15 is 0 Å². The van der Waals surface area contributed by atoms with Gasteiger partial charge in [-0.2, -0.15) is 0 Å². The predicted molar refractivity (Wildman–Crippen MR) is 82.8 cm³/mol. The lowest BCUT2D eigenvalue weighted by molar-refractivity contribution is 0.0948. The number of anilines is 1. The summed E-state index contributed by atoms with van der Waals surface area (Å²) in [5.74, 6) is 0.725. The van der Waals surface area contributed by atoms with Gasteiger partial charge in [0.25, 0.3) is 5.91 Å². The van der Waals surface area contributed by atoms with Crippen molar-refractivity contribution in [3.05, 3.63) is 23.9 Å². The largest absolute Gasteiger partial charge is 0.385 e. The highest BCUT2D eigenvalue weighted by atomic mass is 16.5. The fraction of sp³-hybridized carbons (Fsp3) is 0.600. The molecule has 6 heteroatoms. The number of carbonyl (C=O) groups is 1. The van der Waals surface area contributed by atoms with Gasteiger partial charge in [-0.15, -0.1) is 0 Å². The van der Waals surface area contributed by atoms with E-state index in [1.54, 1.807) is 13.3 Å². The molecule has 1 saturated heterocycles. The van der Waals surface area contributed by atoms with Gasteiger partial charge in [-0.25, -0.2) is 4.98 Å². The molecular weight excluding hydrogens is 268 g/mol. The van der Waals surface area contributed by atoms with Crippen molar-refractivity contribution in [1.82, 2.24) is 15.2 Å². The number of piperazine rings is 1. The van der Waals surface area contributed by atoms with E-state index in [0.29, 0.717) is 18.7 Å². The Labute approximate surface area is 126 Å². The molecule has 2 rings (SSSR count). The number of hydrogen-bond acceptors (Lipinski definition) is 5. The summed E-state index contributed by atoms with van der Waals surface area (Å²) >= 11 is 0. The molecule has 0 aromatic carbocycles. The molecule has 1 N–H and O–H groups in total. The van der Waals surface area contributed by atoms with E-state index in [1.807, 2.05) is 12.1 Å². The maximum absolute atomic E-state index is 12.3. The zero-order valence-corrected chi connectivity index (χ0v) is 12.8. The molecule has 0 bridgehead atoms. The molecule has 0 aliphatic carbocycles. The van der Waals surface area contributed by atoms with Crippen LogP contribution in [0.3, 0.4) is 0 Å². The molecule has 1 aromatic rings. The standard InChI is InChI=1S/C15H24N4O2/c1-18-8-10-19(11-9-18)14-13(5-3-6-16-14)15(20)17-7-4-12-21-2/h3,5-6H,4,7-12H2,1-2H3,(H,17,20). The van der Waals surface area contributed by atoms with Crippen molar-refractivity contribution >= 4 is 11.7 Å².